The van der Waals surface area contributed by atoms with Gasteiger partial charge in [-0.3, -0.25) is 9.59 Å². The summed E-state index contributed by atoms with van der Waals surface area (Å²) in [5.74, 6) is -0.587. The number of nitrogens with one attached hydrogen (secondary N) is 1. The first-order valence-electron chi connectivity index (χ1n) is 26.7. The average molecular weight is 880 g/mol. The molecule has 3 unspecified atom stereocenters. The number of allylic oxidation sites excluding steroid dienone is 12. The van der Waals surface area contributed by atoms with Crippen molar-refractivity contribution in [2.75, 3.05) is 6.61 Å². The van der Waals surface area contributed by atoms with Gasteiger partial charge in [0.05, 0.1) is 25.2 Å². The van der Waals surface area contributed by atoms with E-state index in [2.05, 4.69) is 92.9 Å². The highest BCUT2D eigenvalue weighted by atomic mass is 16.5. The molecule has 0 heterocycles. The molecule has 0 aromatic heterocycles. The predicted molar refractivity (Wildman–Crippen MR) is 273 cm³/mol. The van der Waals surface area contributed by atoms with E-state index in [1.165, 1.54) is 116 Å². The number of carbonyl (C=O) groups is 2. The minimum atomic E-state index is -0.806. The second kappa shape index (κ2) is 50.3. The average Bonchev–Trinajstić information content (AvgIpc) is 3.28. The van der Waals surface area contributed by atoms with Crippen LogP contribution in [-0.4, -0.2) is 46.9 Å². The van der Waals surface area contributed by atoms with Crippen LogP contribution in [-0.2, 0) is 14.3 Å². The van der Waals surface area contributed by atoms with Crippen molar-refractivity contribution in [2.24, 2.45) is 0 Å². The lowest BCUT2D eigenvalue weighted by atomic mass is 10.0. The van der Waals surface area contributed by atoms with Gasteiger partial charge in [-0.25, -0.2) is 0 Å². The zero-order valence-electron chi connectivity index (χ0n) is 41.4. The summed E-state index contributed by atoms with van der Waals surface area (Å²) in [6, 6.07) is -0.723. The van der Waals surface area contributed by atoms with Crippen molar-refractivity contribution in [1.29, 1.82) is 0 Å². The van der Waals surface area contributed by atoms with Gasteiger partial charge >= 0.3 is 5.97 Å². The smallest absolute Gasteiger partial charge is 0.306 e. The molecule has 0 saturated heterocycles. The highest BCUT2D eigenvalue weighted by molar-refractivity contribution is 5.77. The summed E-state index contributed by atoms with van der Waals surface area (Å²) in [4.78, 5) is 26.1. The standard InChI is InChI=1S/C57H101NO5/c1-4-7-10-13-16-19-22-25-28-29-32-35-38-41-44-47-50-57(62)63-53(48-45-42-39-36-33-30-26-23-20-17-14-11-8-5-2)51-56(61)58-54(52-59)55(60)49-46-43-40-37-34-31-27-24-21-18-15-12-9-6-3/h7,10,16,19,25,28,30,32-33,35,41,44,53-55,59-60H,4-6,8-9,11-15,17-18,20-24,26-27,29,31,34,36-40,42-43,45-52H2,1-3H3,(H,58,61)/b10-7+,19-16+,28-25+,33-30+,35-32+,44-41+. The molecular weight excluding hydrogens is 779 g/mol. The summed E-state index contributed by atoms with van der Waals surface area (Å²) >= 11 is 0. The van der Waals surface area contributed by atoms with Crippen molar-refractivity contribution >= 4 is 11.9 Å². The maximum Gasteiger partial charge on any atom is 0.306 e. The van der Waals surface area contributed by atoms with Crippen molar-refractivity contribution < 1.29 is 24.5 Å². The summed E-state index contributed by atoms with van der Waals surface area (Å²) in [5.41, 5.74) is 0. The zero-order valence-corrected chi connectivity index (χ0v) is 41.4. The van der Waals surface area contributed by atoms with E-state index in [1.54, 1.807) is 0 Å². The van der Waals surface area contributed by atoms with E-state index < -0.39 is 18.2 Å². The van der Waals surface area contributed by atoms with E-state index in [1.807, 2.05) is 6.08 Å². The van der Waals surface area contributed by atoms with Crippen LogP contribution in [0.25, 0.3) is 0 Å². The first-order valence-corrected chi connectivity index (χ1v) is 26.7. The molecule has 3 N–H and O–H groups in total. The lowest BCUT2D eigenvalue weighted by Crippen LogP contribution is -2.46. The molecule has 0 rings (SSSR count). The first kappa shape index (κ1) is 60.3. The molecule has 1 amide bonds. The number of carbonyl (C=O) groups excluding carboxylic acids is 2. The zero-order chi connectivity index (χ0) is 45.9. The summed E-state index contributed by atoms with van der Waals surface area (Å²) in [5, 5.41) is 23.8. The van der Waals surface area contributed by atoms with Crippen LogP contribution in [0.2, 0.25) is 0 Å². The van der Waals surface area contributed by atoms with E-state index in [0.29, 0.717) is 19.3 Å². The third-order valence-corrected chi connectivity index (χ3v) is 11.8. The first-order chi connectivity index (χ1) is 31.0. The van der Waals surface area contributed by atoms with Crippen LogP contribution < -0.4 is 5.32 Å². The monoisotopic (exact) mass is 880 g/mol. The number of hydrogen-bond acceptors (Lipinski definition) is 5. The van der Waals surface area contributed by atoms with Gasteiger partial charge in [0.1, 0.15) is 6.10 Å². The Morgan fingerprint density at radius 3 is 1.32 bits per heavy atom. The fraction of sp³-hybridized carbons (Fsp3) is 0.754. The van der Waals surface area contributed by atoms with Gasteiger partial charge in [-0.1, -0.05) is 229 Å². The van der Waals surface area contributed by atoms with E-state index in [0.717, 1.165) is 83.5 Å². The molecule has 0 aliphatic heterocycles. The Kier molecular flexibility index (Phi) is 48.1. The van der Waals surface area contributed by atoms with Crippen LogP contribution in [0.5, 0.6) is 0 Å². The van der Waals surface area contributed by atoms with Crippen molar-refractivity contribution in [2.45, 2.75) is 270 Å². The minimum absolute atomic E-state index is 0.0356. The molecule has 0 radical (unpaired) electrons. The number of hydrogen-bond donors (Lipinski definition) is 3. The number of unbranched alkanes of at least 4 members (excludes halogenated alkanes) is 23. The number of ether oxygens (including phenoxy) is 1. The normalized spacial score (nSPS) is 13.8. The lowest BCUT2D eigenvalue weighted by Gasteiger charge is -2.24. The number of esters is 1. The number of rotatable bonds is 47. The van der Waals surface area contributed by atoms with Gasteiger partial charge in [-0.2, -0.15) is 0 Å². The van der Waals surface area contributed by atoms with Crippen LogP contribution >= 0.6 is 0 Å². The van der Waals surface area contributed by atoms with Crippen molar-refractivity contribution in [3.63, 3.8) is 0 Å². The number of amides is 1. The summed E-state index contributed by atoms with van der Waals surface area (Å²) < 4.78 is 5.89. The van der Waals surface area contributed by atoms with Gasteiger partial charge in [-0.05, 0) is 83.5 Å². The molecule has 0 aliphatic rings. The minimum Gasteiger partial charge on any atom is -0.462 e. The van der Waals surface area contributed by atoms with Crippen molar-refractivity contribution in [3.05, 3.63) is 72.9 Å². The molecule has 63 heavy (non-hydrogen) atoms. The summed E-state index contributed by atoms with van der Waals surface area (Å²) in [6.07, 6.45) is 64.0. The van der Waals surface area contributed by atoms with Gasteiger partial charge < -0.3 is 20.3 Å². The van der Waals surface area contributed by atoms with E-state index >= 15 is 0 Å². The quantitative estimate of drug-likeness (QED) is 0.0321. The van der Waals surface area contributed by atoms with Gasteiger partial charge in [0, 0.05) is 6.42 Å². The van der Waals surface area contributed by atoms with Gasteiger partial charge in [-0.15, -0.1) is 0 Å². The molecule has 0 aromatic carbocycles. The Labute approximate surface area is 390 Å². The maximum absolute atomic E-state index is 13.2. The third kappa shape index (κ3) is 45.7. The highest BCUT2D eigenvalue weighted by Gasteiger charge is 2.24. The molecule has 364 valence electrons. The molecular formula is C57H101NO5. The van der Waals surface area contributed by atoms with Crippen molar-refractivity contribution in [1.82, 2.24) is 5.32 Å². The Hall–Kier alpha value is -2.70. The summed E-state index contributed by atoms with van der Waals surface area (Å²) in [7, 11) is 0. The Morgan fingerprint density at radius 2 is 0.857 bits per heavy atom. The van der Waals surface area contributed by atoms with Crippen LogP contribution in [0, 0.1) is 0 Å². The second-order valence-electron chi connectivity index (χ2n) is 17.9. The largest absolute Gasteiger partial charge is 0.462 e. The molecule has 0 saturated carbocycles. The lowest BCUT2D eigenvalue weighted by molar-refractivity contribution is -0.150. The van der Waals surface area contributed by atoms with E-state index in [9.17, 15) is 19.8 Å². The highest BCUT2D eigenvalue weighted by Crippen LogP contribution is 2.17. The summed E-state index contributed by atoms with van der Waals surface area (Å²) in [6.45, 7) is 6.35. The fourth-order valence-electron chi connectivity index (χ4n) is 7.77. The molecule has 0 spiro atoms. The topological polar surface area (TPSA) is 95.9 Å². The van der Waals surface area contributed by atoms with Crippen LogP contribution in [0.4, 0.5) is 0 Å². The van der Waals surface area contributed by atoms with Gasteiger partial charge in [0.15, 0.2) is 0 Å². The molecule has 6 nitrogen and oxygen atoms in total. The van der Waals surface area contributed by atoms with Crippen LogP contribution in [0.15, 0.2) is 72.9 Å². The third-order valence-electron chi connectivity index (χ3n) is 11.8. The van der Waals surface area contributed by atoms with Crippen LogP contribution in [0.3, 0.4) is 0 Å². The Morgan fingerprint density at radius 1 is 0.476 bits per heavy atom. The molecule has 0 aromatic rings. The Balaban J connectivity index is 4.70. The molecule has 3 atom stereocenters. The fourth-order valence-corrected chi connectivity index (χ4v) is 7.77. The number of aliphatic hydroxyl groups is 2. The molecule has 6 heteroatoms. The molecule has 0 bridgehead atoms. The molecule has 0 aliphatic carbocycles. The van der Waals surface area contributed by atoms with E-state index in [-0.39, 0.29) is 31.3 Å². The second-order valence-corrected chi connectivity index (χ2v) is 17.9. The Bertz CT molecular complexity index is 1170. The van der Waals surface area contributed by atoms with Crippen molar-refractivity contribution in [3.8, 4) is 0 Å². The SMILES string of the molecule is CC/C=C/C/C=C/C/C=C/C/C=C/C/C=C/CCC(=O)OC(CCCCC/C=C/CCCCCCCCC)CC(=O)NC(CO)C(O)CCCCCCCCCCCCCCCC. The van der Waals surface area contributed by atoms with Gasteiger partial charge in [0.25, 0.3) is 0 Å². The predicted octanol–water partition coefficient (Wildman–Crippen LogP) is 16.2. The van der Waals surface area contributed by atoms with Crippen LogP contribution in [0.1, 0.15) is 252 Å². The van der Waals surface area contributed by atoms with E-state index in [4.69, 9.17) is 4.74 Å². The maximum atomic E-state index is 13.2. The van der Waals surface area contributed by atoms with Gasteiger partial charge in [0.2, 0.25) is 5.91 Å². The number of aliphatic hydroxyl groups excluding tert-OH is 2. The molecule has 0 fully saturated rings.